The van der Waals surface area contributed by atoms with E-state index in [0.29, 0.717) is 17.8 Å². The third kappa shape index (κ3) is 3.93. The van der Waals surface area contributed by atoms with E-state index in [0.717, 1.165) is 22.4 Å². The number of hydrogen-bond acceptors (Lipinski definition) is 4. The Balaban J connectivity index is 1.62. The Bertz CT molecular complexity index is 1170. The number of aliphatic hydroxyl groups excluding tert-OH is 1. The third-order valence-electron chi connectivity index (χ3n) is 4.90. The number of hydrogen-bond donors (Lipinski definition) is 1. The normalized spacial score (nSPS) is 12.2. The zero-order valence-corrected chi connectivity index (χ0v) is 16.4. The van der Waals surface area contributed by atoms with E-state index < -0.39 is 6.10 Å². The number of rotatable bonds is 6. The summed E-state index contributed by atoms with van der Waals surface area (Å²) in [6, 6.07) is 17.1. The fourth-order valence-corrected chi connectivity index (χ4v) is 3.28. The van der Waals surface area contributed by atoms with Gasteiger partial charge in [-0.25, -0.2) is 4.52 Å². The van der Waals surface area contributed by atoms with Gasteiger partial charge in [0.15, 0.2) is 0 Å². The predicted molar refractivity (Wildman–Crippen MR) is 112 cm³/mol. The van der Waals surface area contributed by atoms with Crippen molar-refractivity contribution in [2.24, 2.45) is 0 Å². The molecule has 2 heterocycles. The molecular weight excluding hydrogens is 366 g/mol. The van der Waals surface area contributed by atoms with Gasteiger partial charge in [-0.3, -0.25) is 4.79 Å². The quantitative estimate of drug-likeness (QED) is 0.547. The summed E-state index contributed by atoms with van der Waals surface area (Å²) >= 11 is 0. The first kappa shape index (κ1) is 19.0. The van der Waals surface area contributed by atoms with Gasteiger partial charge in [-0.1, -0.05) is 29.8 Å². The number of benzene rings is 2. The fraction of sp³-hybridized carbons (Fsp3) is 0.217. The molecule has 0 fully saturated rings. The van der Waals surface area contributed by atoms with Crippen LogP contribution < -0.4 is 10.3 Å². The van der Waals surface area contributed by atoms with E-state index in [2.05, 4.69) is 5.10 Å². The first-order valence-corrected chi connectivity index (χ1v) is 9.62. The van der Waals surface area contributed by atoms with Gasteiger partial charge in [0.1, 0.15) is 11.3 Å². The summed E-state index contributed by atoms with van der Waals surface area (Å²) in [6.07, 6.45) is 2.63. The summed E-state index contributed by atoms with van der Waals surface area (Å²) in [5.74, 6) is 0.799. The average Bonchev–Trinajstić information content (AvgIpc) is 3.16. The Kier molecular flexibility index (Phi) is 5.18. The average molecular weight is 389 g/mol. The van der Waals surface area contributed by atoms with E-state index in [1.54, 1.807) is 23.0 Å². The minimum Gasteiger partial charge on any atom is -0.494 e. The molecule has 0 spiro atoms. The number of aliphatic hydroxyl groups is 1. The number of aromatic nitrogens is 3. The van der Waals surface area contributed by atoms with Crippen LogP contribution in [0.15, 0.2) is 71.8 Å². The molecule has 1 N–H and O–H groups in total. The van der Waals surface area contributed by atoms with Crippen molar-refractivity contribution in [3.63, 3.8) is 0 Å². The van der Waals surface area contributed by atoms with Crippen LogP contribution >= 0.6 is 0 Å². The van der Waals surface area contributed by atoms with E-state index in [4.69, 9.17) is 4.74 Å². The van der Waals surface area contributed by atoms with Crippen LogP contribution in [0.2, 0.25) is 0 Å². The zero-order valence-electron chi connectivity index (χ0n) is 16.4. The highest BCUT2D eigenvalue weighted by Crippen LogP contribution is 2.22. The molecule has 6 heteroatoms. The molecule has 4 rings (SSSR count). The highest BCUT2D eigenvalue weighted by Gasteiger charge is 2.13. The van der Waals surface area contributed by atoms with Gasteiger partial charge in [-0.15, -0.1) is 0 Å². The van der Waals surface area contributed by atoms with Crippen LogP contribution in [-0.4, -0.2) is 25.9 Å². The molecular formula is C23H23N3O3. The van der Waals surface area contributed by atoms with Crippen molar-refractivity contribution in [1.82, 2.24) is 14.2 Å². The van der Waals surface area contributed by atoms with Gasteiger partial charge in [0.05, 0.1) is 24.9 Å². The largest absolute Gasteiger partial charge is 0.494 e. The van der Waals surface area contributed by atoms with Crippen molar-refractivity contribution >= 4 is 5.52 Å². The molecule has 148 valence electrons. The molecule has 0 aliphatic carbocycles. The number of nitrogens with zero attached hydrogens (tertiary/aromatic N) is 3. The van der Waals surface area contributed by atoms with Crippen LogP contribution in [0.3, 0.4) is 0 Å². The summed E-state index contributed by atoms with van der Waals surface area (Å²) in [5.41, 5.74) is 3.80. The highest BCUT2D eigenvalue weighted by molar-refractivity contribution is 5.66. The third-order valence-corrected chi connectivity index (χ3v) is 4.90. The number of aryl methyl sites for hydroxylation is 1. The maximum atomic E-state index is 12.9. The Morgan fingerprint density at radius 3 is 2.48 bits per heavy atom. The van der Waals surface area contributed by atoms with E-state index >= 15 is 0 Å². The Hall–Kier alpha value is -3.38. The van der Waals surface area contributed by atoms with E-state index in [1.807, 2.05) is 62.4 Å². The maximum absolute atomic E-state index is 12.9. The molecule has 0 saturated carbocycles. The first-order valence-electron chi connectivity index (χ1n) is 9.62. The van der Waals surface area contributed by atoms with Gasteiger partial charge in [0, 0.05) is 18.0 Å². The topological polar surface area (TPSA) is 68.8 Å². The summed E-state index contributed by atoms with van der Waals surface area (Å²) < 4.78 is 8.56. The fourth-order valence-electron chi connectivity index (χ4n) is 3.28. The molecule has 1 unspecified atom stereocenters. The van der Waals surface area contributed by atoms with Gasteiger partial charge in [-0.2, -0.15) is 5.10 Å². The second-order valence-corrected chi connectivity index (χ2v) is 7.00. The second kappa shape index (κ2) is 7.93. The van der Waals surface area contributed by atoms with Crippen molar-refractivity contribution in [2.45, 2.75) is 26.5 Å². The van der Waals surface area contributed by atoms with E-state index in [9.17, 15) is 9.90 Å². The molecule has 0 saturated heterocycles. The van der Waals surface area contributed by atoms with Crippen LogP contribution in [0.25, 0.3) is 16.8 Å². The van der Waals surface area contributed by atoms with Crippen LogP contribution in [0, 0.1) is 6.92 Å². The smallest absolute Gasteiger partial charge is 0.276 e. The number of fused-ring (bicyclic) bond motifs is 1. The maximum Gasteiger partial charge on any atom is 0.276 e. The van der Waals surface area contributed by atoms with E-state index in [1.165, 1.54) is 4.57 Å². The van der Waals surface area contributed by atoms with Gasteiger partial charge in [-0.05, 0) is 49.7 Å². The van der Waals surface area contributed by atoms with E-state index in [-0.39, 0.29) is 12.1 Å². The minimum atomic E-state index is -0.760. The molecule has 0 amide bonds. The molecule has 0 radical (unpaired) electrons. The molecule has 0 aliphatic rings. The van der Waals surface area contributed by atoms with Crippen LogP contribution in [0.4, 0.5) is 0 Å². The predicted octanol–water partition coefficient (Wildman–Crippen LogP) is 3.60. The minimum absolute atomic E-state index is 0.183. The summed E-state index contributed by atoms with van der Waals surface area (Å²) in [6.45, 7) is 4.73. The molecule has 1 atom stereocenters. The molecule has 0 aliphatic heterocycles. The number of ether oxygens (including phenoxy) is 1. The molecule has 6 nitrogen and oxygen atoms in total. The standard InChI is InChI=1S/C23H23N3O3/c1-3-29-19-10-8-17(9-11-19)20-14-21-23(28)25(12-13-26(21)24-20)15-22(27)18-6-4-16(2)5-7-18/h4-14,22,27H,3,15H2,1-2H3. The zero-order chi connectivity index (χ0) is 20.4. The molecule has 2 aromatic heterocycles. The lowest BCUT2D eigenvalue weighted by Crippen LogP contribution is -2.24. The van der Waals surface area contributed by atoms with Gasteiger partial charge in [0.25, 0.3) is 5.56 Å². The molecule has 4 aromatic rings. The lowest BCUT2D eigenvalue weighted by molar-refractivity contribution is 0.155. The van der Waals surface area contributed by atoms with Crippen LogP contribution in [-0.2, 0) is 6.54 Å². The van der Waals surface area contributed by atoms with Crippen molar-refractivity contribution in [2.75, 3.05) is 6.61 Å². The Labute approximate surface area is 168 Å². The summed E-state index contributed by atoms with van der Waals surface area (Å²) in [4.78, 5) is 12.9. The Morgan fingerprint density at radius 1 is 1.07 bits per heavy atom. The highest BCUT2D eigenvalue weighted by atomic mass is 16.5. The van der Waals surface area contributed by atoms with Crippen LogP contribution in [0.1, 0.15) is 24.2 Å². The van der Waals surface area contributed by atoms with Gasteiger partial charge >= 0.3 is 0 Å². The van der Waals surface area contributed by atoms with Crippen molar-refractivity contribution in [1.29, 1.82) is 0 Å². The Morgan fingerprint density at radius 2 is 1.79 bits per heavy atom. The van der Waals surface area contributed by atoms with Crippen molar-refractivity contribution in [3.8, 4) is 17.0 Å². The van der Waals surface area contributed by atoms with Crippen molar-refractivity contribution in [3.05, 3.63) is 88.5 Å². The van der Waals surface area contributed by atoms with Gasteiger partial charge < -0.3 is 14.4 Å². The van der Waals surface area contributed by atoms with Crippen molar-refractivity contribution < 1.29 is 9.84 Å². The SMILES string of the molecule is CCOc1ccc(-c2cc3c(=O)n(CC(O)c4ccc(C)cc4)ccn3n2)cc1. The summed E-state index contributed by atoms with van der Waals surface area (Å²) in [5, 5.41) is 15.0. The lowest BCUT2D eigenvalue weighted by atomic mass is 10.1. The molecule has 2 aromatic carbocycles. The molecule has 0 bridgehead atoms. The first-order chi connectivity index (χ1) is 14.0. The second-order valence-electron chi connectivity index (χ2n) is 7.00. The monoisotopic (exact) mass is 389 g/mol. The van der Waals surface area contributed by atoms with Gasteiger partial charge in [0.2, 0.25) is 0 Å². The lowest BCUT2D eigenvalue weighted by Gasteiger charge is -2.13. The van der Waals surface area contributed by atoms with Crippen LogP contribution in [0.5, 0.6) is 5.75 Å². The summed E-state index contributed by atoms with van der Waals surface area (Å²) in [7, 11) is 0. The molecule has 29 heavy (non-hydrogen) atoms.